The molecule has 0 saturated heterocycles. The van der Waals surface area contributed by atoms with E-state index in [1.54, 1.807) is 12.1 Å². The van der Waals surface area contributed by atoms with E-state index in [9.17, 15) is 25.0 Å². The van der Waals surface area contributed by atoms with E-state index in [-0.39, 0.29) is 17.3 Å². The summed E-state index contributed by atoms with van der Waals surface area (Å²) in [6, 6.07) is 16.2. The molecule has 3 aromatic carbocycles. The van der Waals surface area contributed by atoms with Crippen molar-refractivity contribution in [3.63, 3.8) is 0 Å². The average molecular weight is 492 g/mol. The number of carbonyl (C=O) groups excluding carboxylic acids is 1. The van der Waals surface area contributed by atoms with Crippen molar-refractivity contribution in [1.29, 1.82) is 0 Å². The number of nitrogens with one attached hydrogen (secondary N) is 1. The first-order valence-corrected chi connectivity index (χ1v) is 10.9. The minimum Gasteiger partial charge on any atom is -0.494 e. The number of nitro groups is 2. The van der Waals surface area contributed by atoms with E-state index in [0.29, 0.717) is 30.2 Å². The molecule has 0 radical (unpaired) electrons. The fourth-order valence-corrected chi connectivity index (χ4v) is 3.48. The summed E-state index contributed by atoms with van der Waals surface area (Å²) in [6.07, 6.45) is 0. The number of ether oxygens (including phenoxy) is 1. The number of anilines is 2. The molecule has 0 heterocycles. The molecule has 0 aliphatic carbocycles. The van der Waals surface area contributed by atoms with E-state index in [1.807, 2.05) is 37.3 Å². The van der Waals surface area contributed by atoms with E-state index in [1.165, 1.54) is 14.0 Å². The normalized spacial score (nSPS) is 10.8. The molecule has 0 bridgehead atoms. The van der Waals surface area contributed by atoms with Crippen molar-refractivity contribution in [2.75, 3.05) is 23.9 Å². The van der Waals surface area contributed by atoms with Crippen LogP contribution in [0.5, 0.6) is 5.75 Å². The highest BCUT2D eigenvalue weighted by Crippen LogP contribution is 2.41. The van der Waals surface area contributed by atoms with Crippen molar-refractivity contribution in [1.82, 2.24) is 0 Å². The van der Waals surface area contributed by atoms with Crippen LogP contribution < -0.4 is 15.0 Å². The van der Waals surface area contributed by atoms with Gasteiger partial charge in [0.25, 0.3) is 5.69 Å². The van der Waals surface area contributed by atoms with E-state index in [2.05, 4.69) is 20.4 Å². The zero-order chi connectivity index (χ0) is 26.2. The SMILES string of the molecule is CCN(Cc1ccccc1)c1cc(NC(C)=O)c(/N=N/c2ccc([N+](=O)[O-])cc2[N+](=O)[O-])cc1OC. The molecule has 0 unspecified atom stereocenters. The third-order valence-electron chi connectivity index (χ3n) is 5.18. The van der Waals surface area contributed by atoms with E-state index < -0.39 is 21.2 Å². The standard InChI is InChI=1S/C24H24N6O6/c1-4-28(15-17-8-6-5-7-9-17)23-13-20(25-16(2)31)21(14-24(23)36-3)27-26-19-11-10-18(29(32)33)12-22(19)30(34)35/h5-14H,4,15H2,1-3H3,(H,25,31)/b27-26+. The van der Waals surface area contributed by atoms with Gasteiger partial charge in [-0.05, 0) is 24.6 Å². The van der Waals surface area contributed by atoms with Gasteiger partial charge in [0.05, 0.1) is 34.4 Å². The van der Waals surface area contributed by atoms with Gasteiger partial charge in [-0.1, -0.05) is 30.3 Å². The number of amides is 1. The van der Waals surface area contributed by atoms with Crippen molar-refractivity contribution in [2.24, 2.45) is 10.2 Å². The molecule has 3 rings (SSSR count). The number of non-ortho nitro benzene ring substituents is 1. The largest absolute Gasteiger partial charge is 0.494 e. The highest BCUT2D eigenvalue weighted by atomic mass is 16.6. The lowest BCUT2D eigenvalue weighted by atomic mass is 10.1. The smallest absolute Gasteiger partial charge is 0.303 e. The van der Waals surface area contributed by atoms with Gasteiger partial charge in [-0.3, -0.25) is 25.0 Å². The second-order valence-electron chi connectivity index (χ2n) is 7.61. The number of methoxy groups -OCH3 is 1. The molecule has 0 aliphatic rings. The summed E-state index contributed by atoms with van der Waals surface area (Å²) in [5.74, 6) is 0.101. The van der Waals surface area contributed by atoms with Gasteiger partial charge in [0, 0.05) is 32.1 Å². The van der Waals surface area contributed by atoms with Crippen molar-refractivity contribution in [2.45, 2.75) is 20.4 Å². The number of azo groups is 1. The number of rotatable bonds is 10. The lowest BCUT2D eigenvalue weighted by molar-refractivity contribution is -0.393. The topological polar surface area (TPSA) is 153 Å². The van der Waals surface area contributed by atoms with Gasteiger partial charge in [-0.15, -0.1) is 10.2 Å². The second kappa shape index (κ2) is 11.5. The van der Waals surface area contributed by atoms with Crippen LogP contribution >= 0.6 is 0 Å². The average Bonchev–Trinajstić information content (AvgIpc) is 2.86. The molecule has 3 aromatic rings. The maximum atomic E-state index is 11.9. The third-order valence-corrected chi connectivity index (χ3v) is 5.18. The number of benzene rings is 3. The van der Waals surface area contributed by atoms with Crippen LogP contribution in [0.2, 0.25) is 0 Å². The Bertz CT molecular complexity index is 1310. The van der Waals surface area contributed by atoms with Gasteiger partial charge >= 0.3 is 5.69 Å². The van der Waals surface area contributed by atoms with Crippen molar-refractivity contribution < 1.29 is 19.4 Å². The molecule has 0 aromatic heterocycles. The van der Waals surface area contributed by atoms with Crippen LogP contribution in [0.25, 0.3) is 0 Å². The predicted molar refractivity (Wildman–Crippen MR) is 134 cm³/mol. The summed E-state index contributed by atoms with van der Waals surface area (Å²) in [4.78, 5) is 34.9. The Labute approximate surface area is 206 Å². The summed E-state index contributed by atoms with van der Waals surface area (Å²) in [5, 5.41) is 33.2. The van der Waals surface area contributed by atoms with Crippen LogP contribution in [0, 0.1) is 20.2 Å². The lowest BCUT2D eigenvalue weighted by Gasteiger charge is -2.26. The maximum absolute atomic E-state index is 11.9. The van der Waals surface area contributed by atoms with Crippen molar-refractivity contribution in [3.8, 4) is 5.75 Å². The van der Waals surface area contributed by atoms with Crippen molar-refractivity contribution in [3.05, 3.63) is 86.5 Å². The van der Waals surface area contributed by atoms with Crippen molar-refractivity contribution >= 4 is 40.0 Å². The first kappa shape index (κ1) is 25.7. The number of hydrogen-bond donors (Lipinski definition) is 1. The highest BCUT2D eigenvalue weighted by Gasteiger charge is 2.21. The molecule has 186 valence electrons. The second-order valence-corrected chi connectivity index (χ2v) is 7.61. The lowest BCUT2D eigenvalue weighted by Crippen LogP contribution is -2.23. The number of nitrogens with zero attached hydrogens (tertiary/aromatic N) is 5. The maximum Gasteiger partial charge on any atom is 0.303 e. The predicted octanol–water partition coefficient (Wildman–Crippen LogP) is 5.91. The third kappa shape index (κ3) is 6.17. The van der Waals surface area contributed by atoms with Gasteiger partial charge in [0.15, 0.2) is 5.69 Å². The Morgan fingerprint density at radius 2 is 1.69 bits per heavy atom. The molecular formula is C24H24N6O6. The fraction of sp³-hybridized carbons (Fsp3) is 0.208. The molecule has 0 atom stereocenters. The Balaban J connectivity index is 2.06. The van der Waals surface area contributed by atoms with Gasteiger partial charge < -0.3 is 15.0 Å². The zero-order valence-electron chi connectivity index (χ0n) is 19.9. The van der Waals surface area contributed by atoms with Gasteiger partial charge in [-0.2, -0.15) is 0 Å². The molecule has 0 aliphatic heterocycles. The molecule has 0 fully saturated rings. The van der Waals surface area contributed by atoms with Gasteiger partial charge in [-0.25, -0.2) is 0 Å². The molecule has 0 saturated carbocycles. The van der Waals surface area contributed by atoms with Crippen LogP contribution in [0.1, 0.15) is 19.4 Å². The molecule has 1 N–H and O–H groups in total. The summed E-state index contributed by atoms with van der Waals surface area (Å²) in [6.45, 7) is 4.55. The van der Waals surface area contributed by atoms with Crippen LogP contribution in [0.3, 0.4) is 0 Å². The summed E-state index contributed by atoms with van der Waals surface area (Å²) in [7, 11) is 1.50. The Morgan fingerprint density at radius 1 is 1.00 bits per heavy atom. The quantitative estimate of drug-likeness (QED) is 0.210. The summed E-state index contributed by atoms with van der Waals surface area (Å²) < 4.78 is 5.58. The first-order valence-electron chi connectivity index (χ1n) is 10.9. The monoisotopic (exact) mass is 492 g/mol. The zero-order valence-corrected chi connectivity index (χ0v) is 19.9. The fourth-order valence-electron chi connectivity index (χ4n) is 3.48. The molecule has 1 amide bonds. The van der Waals surface area contributed by atoms with E-state index in [0.717, 1.165) is 23.8 Å². The molecule has 0 spiro atoms. The van der Waals surface area contributed by atoms with Gasteiger partial charge in [0.1, 0.15) is 11.4 Å². The minimum atomic E-state index is -0.775. The van der Waals surface area contributed by atoms with Crippen LogP contribution in [0.4, 0.5) is 34.1 Å². The molecule has 12 nitrogen and oxygen atoms in total. The van der Waals surface area contributed by atoms with Gasteiger partial charge in [0.2, 0.25) is 5.91 Å². The minimum absolute atomic E-state index is 0.179. The summed E-state index contributed by atoms with van der Waals surface area (Å²) in [5.41, 5.74) is 1.10. The van der Waals surface area contributed by atoms with Crippen LogP contribution in [-0.4, -0.2) is 29.4 Å². The molecule has 12 heteroatoms. The Hall–Kier alpha value is -4.87. The molecular weight excluding hydrogens is 468 g/mol. The van der Waals surface area contributed by atoms with E-state index >= 15 is 0 Å². The number of hydrogen-bond acceptors (Lipinski definition) is 9. The number of nitro benzene ring substituents is 2. The Morgan fingerprint density at radius 3 is 2.28 bits per heavy atom. The summed E-state index contributed by atoms with van der Waals surface area (Å²) >= 11 is 0. The Kier molecular flexibility index (Phi) is 8.23. The molecule has 36 heavy (non-hydrogen) atoms. The van der Waals surface area contributed by atoms with E-state index in [4.69, 9.17) is 4.74 Å². The highest BCUT2D eigenvalue weighted by molar-refractivity contribution is 5.93. The van der Waals surface area contributed by atoms with Crippen LogP contribution in [-0.2, 0) is 11.3 Å². The first-order chi connectivity index (χ1) is 17.2. The number of carbonyl (C=O) groups is 1. The van der Waals surface area contributed by atoms with Crippen LogP contribution in [0.15, 0.2) is 70.9 Å².